The Bertz CT molecular complexity index is 1250. The van der Waals surface area contributed by atoms with E-state index in [0.717, 1.165) is 41.9 Å². The molecule has 4 aromatic rings. The first-order chi connectivity index (χ1) is 14.1. The summed E-state index contributed by atoms with van der Waals surface area (Å²) in [6.07, 6.45) is 3.26. The van der Waals surface area contributed by atoms with E-state index in [1.54, 1.807) is 7.11 Å². The number of methoxy groups -OCH3 is 1. The molecule has 0 atom stereocenters. The van der Waals surface area contributed by atoms with Crippen LogP contribution >= 0.6 is 0 Å². The molecular formula is C25H25N3O. The van der Waals surface area contributed by atoms with Gasteiger partial charge in [-0.3, -0.25) is 0 Å². The molecule has 0 spiro atoms. The molecule has 0 radical (unpaired) electrons. The van der Waals surface area contributed by atoms with Gasteiger partial charge in [0.25, 0.3) is 0 Å². The van der Waals surface area contributed by atoms with E-state index in [9.17, 15) is 0 Å². The predicted molar refractivity (Wildman–Crippen MR) is 117 cm³/mol. The summed E-state index contributed by atoms with van der Waals surface area (Å²) in [6.45, 7) is 6.38. The molecule has 0 amide bonds. The molecule has 4 heteroatoms. The molecule has 0 saturated carbocycles. The molecule has 0 aliphatic heterocycles. The van der Waals surface area contributed by atoms with E-state index in [1.165, 1.54) is 39.2 Å². The summed E-state index contributed by atoms with van der Waals surface area (Å²) in [4.78, 5) is 5.12. The van der Waals surface area contributed by atoms with E-state index < -0.39 is 0 Å². The molecule has 5 rings (SSSR count). The van der Waals surface area contributed by atoms with Gasteiger partial charge in [0.05, 0.1) is 18.5 Å². The highest BCUT2D eigenvalue weighted by Gasteiger charge is 2.25. The first-order valence-corrected chi connectivity index (χ1v) is 10.2. The van der Waals surface area contributed by atoms with Crippen LogP contribution in [-0.2, 0) is 12.8 Å². The molecule has 0 bridgehead atoms. The number of rotatable bonds is 3. The summed E-state index contributed by atoms with van der Waals surface area (Å²) in [7, 11) is 1.70. The van der Waals surface area contributed by atoms with Crippen LogP contribution in [0.5, 0.6) is 5.75 Å². The lowest BCUT2D eigenvalue weighted by molar-refractivity contribution is 0.414. The normalized spacial score (nSPS) is 13.1. The molecule has 146 valence electrons. The van der Waals surface area contributed by atoms with Crippen molar-refractivity contribution in [2.75, 3.05) is 7.11 Å². The maximum atomic E-state index is 5.40. The van der Waals surface area contributed by atoms with Crippen molar-refractivity contribution in [3.63, 3.8) is 0 Å². The molecule has 2 aromatic heterocycles. The minimum atomic E-state index is 0.870. The van der Waals surface area contributed by atoms with Crippen molar-refractivity contribution in [1.82, 2.24) is 14.6 Å². The number of aryl methyl sites for hydroxylation is 4. The quantitative estimate of drug-likeness (QED) is 0.470. The lowest BCUT2D eigenvalue weighted by atomic mass is 9.99. The van der Waals surface area contributed by atoms with Gasteiger partial charge in [-0.05, 0) is 68.9 Å². The molecule has 29 heavy (non-hydrogen) atoms. The smallest absolute Gasteiger partial charge is 0.164 e. The largest absolute Gasteiger partial charge is 0.497 e. The van der Waals surface area contributed by atoms with Crippen LogP contribution in [0.3, 0.4) is 0 Å². The van der Waals surface area contributed by atoms with Gasteiger partial charge in [-0.25, -0.2) is 9.50 Å². The number of benzene rings is 2. The SMILES string of the molecule is COc1ccc(-c2c(C)nn3c(-c4ccccc4C)c4c(nc23)CCC4)c(C)c1. The molecule has 1 aliphatic rings. The molecule has 4 nitrogen and oxygen atoms in total. The van der Waals surface area contributed by atoms with Gasteiger partial charge < -0.3 is 4.74 Å². The Kier molecular flexibility index (Phi) is 4.16. The zero-order valence-corrected chi connectivity index (χ0v) is 17.4. The van der Waals surface area contributed by atoms with Gasteiger partial charge in [0.15, 0.2) is 5.65 Å². The van der Waals surface area contributed by atoms with Crippen LogP contribution in [0.15, 0.2) is 42.5 Å². The van der Waals surface area contributed by atoms with E-state index in [4.69, 9.17) is 14.8 Å². The van der Waals surface area contributed by atoms with Crippen molar-refractivity contribution >= 4 is 5.65 Å². The summed E-state index contributed by atoms with van der Waals surface area (Å²) in [5, 5.41) is 4.99. The van der Waals surface area contributed by atoms with Crippen molar-refractivity contribution in [2.24, 2.45) is 0 Å². The zero-order chi connectivity index (χ0) is 20.1. The standard InChI is InChI=1S/C25H25N3O/c1-15-8-5-6-9-20(15)24-21-10-7-11-22(21)26-25-23(17(3)27-28(24)25)19-13-12-18(29-4)14-16(19)2/h5-6,8-9,12-14H,7,10-11H2,1-4H3. The van der Waals surface area contributed by atoms with Gasteiger partial charge >= 0.3 is 0 Å². The van der Waals surface area contributed by atoms with Gasteiger partial charge in [0, 0.05) is 22.4 Å². The second-order valence-electron chi connectivity index (χ2n) is 7.93. The molecule has 1 aliphatic carbocycles. The Morgan fingerprint density at radius 1 is 0.931 bits per heavy atom. The minimum Gasteiger partial charge on any atom is -0.497 e. The average molecular weight is 383 g/mol. The highest BCUT2D eigenvalue weighted by atomic mass is 16.5. The third-order valence-corrected chi connectivity index (χ3v) is 6.07. The summed E-state index contributed by atoms with van der Waals surface area (Å²) in [5.41, 5.74) is 11.7. The van der Waals surface area contributed by atoms with Crippen LogP contribution in [0.4, 0.5) is 0 Å². The molecule has 0 saturated heterocycles. The molecule has 0 fully saturated rings. The first kappa shape index (κ1) is 17.9. The van der Waals surface area contributed by atoms with Crippen molar-refractivity contribution in [2.45, 2.75) is 40.0 Å². The van der Waals surface area contributed by atoms with Crippen molar-refractivity contribution in [3.8, 4) is 28.1 Å². The molecular weight excluding hydrogens is 358 g/mol. The summed E-state index contributed by atoms with van der Waals surface area (Å²) < 4.78 is 7.48. The van der Waals surface area contributed by atoms with Crippen LogP contribution in [0.25, 0.3) is 28.0 Å². The van der Waals surface area contributed by atoms with Crippen LogP contribution in [-0.4, -0.2) is 21.7 Å². The van der Waals surface area contributed by atoms with E-state index in [0.29, 0.717) is 0 Å². The Hall–Kier alpha value is -3.14. The van der Waals surface area contributed by atoms with Gasteiger partial charge in [-0.15, -0.1) is 0 Å². The molecule has 2 aromatic carbocycles. The number of hydrogen-bond donors (Lipinski definition) is 0. The van der Waals surface area contributed by atoms with Gasteiger partial charge in [-0.2, -0.15) is 5.10 Å². The minimum absolute atomic E-state index is 0.870. The van der Waals surface area contributed by atoms with Crippen LogP contribution in [0.2, 0.25) is 0 Å². The monoisotopic (exact) mass is 383 g/mol. The highest BCUT2D eigenvalue weighted by Crippen LogP contribution is 2.38. The zero-order valence-electron chi connectivity index (χ0n) is 17.4. The number of fused-ring (bicyclic) bond motifs is 2. The third-order valence-electron chi connectivity index (χ3n) is 6.07. The predicted octanol–water partition coefficient (Wildman–Crippen LogP) is 5.49. The number of nitrogens with zero attached hydrogens (tertiary/aromatic N) is 3. The fourth-order valence-corrected chi connectivity index (χ4v) is 4.61. The van der Waals surface area contributed by atoms with E-state index in [-0.39, 0.29) is 0 Å². The van der Waals surface area contributed by atoms with E-state index in [2.05, 4.69) is 61.7 Å². The number of ether oxygens (including phenoxy) is 1. The second kappa shape index (κ2) is 6.73. The Labute approximate surface area is 171 Å². The lowest BCUT2D eigenvalue weighted by Crippen LogP contribution is -2.04. The molecule has 0 unspecified atom stereocenters. The van der Waals surface area contributed by atoms with Crippen molar-refractivity contribution < 1.29 is 4.74 Å². The Morgan fingerprint density at radius 3 is 2.52 bits per heavy atom. The third kappa shape index (κ3) is 2.74. The first-order valence-electron chi connectivity index (χ1n) is 10.2. The van der Waals surface area contributed by atoms with E-state index in [1.807, 2.05) is 6.07 Å². The number of aromatic nitrogens is 3. The molecule has 0 N–H and O–H groups in total. The van der Waals surface area contributed by atoms with Crippen LogP contribution in [0.1, 0.15) is 34.5 Å². The summed E-state index contributed by atoms with van der Waals surface area (Å²) in [6, 6.07) is 14.8. The van der Waals surface area contributed by atoms with Gasteiger partial charge in [0.2, 0.25) is 0 Å². The Morgan fingerprint density at radius 2 is 1.76 bits per heavy atom. The fourth-order valence-electron chi connectivity index (χ4n) is 4.61. The highest BCUT2D eigenvalue weighted by molar-refractivity contribution is 5.85. The van der Waals surface area contributed by atoms with Crippen molar-refractivity contribution in [3.05, 3.63) is 70.5 Å². The number of hydrogen-bond acceptors (Lipinski definition) is 3. The fraction of sp³-hybridized carbons (Fsp3) is 0.280. The lowest BCUT2D eigenvalue weighted by Gasteiger charge is -2.14. The maximum absolute atomic E-state index is 5.40. The van der Waals surface area contributed by atoms with Crippen molar-refractivity contribution in [1.29, 1.82) is 0 Å². The Balaban J connectivity index is 1.85. The summed E-state index contributed by atoms with van der Waals surface area (Å²) in [5.74, 6) is 0.870. The van der Waals surface area contributed by atoms with Gasteiger partial charge in [-0.1, -0.05) is 30.3 Å². The summed E-state index contributed by atoms with van der Waals surface area (Å²) >= 11 is 0. The molecule has 2 heterocycles. The van der Waals surface area contributed by atoms with Gasteiger partial charge in [0.1, 0.15) is 5.75 Å². The topological polar surface area (TPSA) is 39.4 Å². The average Bonchev–Trinajstić information content (AvgIpc) is 3.30. The maximum Gasteiger partial charge on any atom is 0.164 e. The van der Waals surface area contributed by atoms with Crippen LogP contribution in [0, 0.1) is 20.8 Å². The second-order valence-corrected chi connectivity index (χ2v) is 7.93. The van der Waals surface area contributed by atoms with E-state index >= 15 is 0 Å². The van der Waals surface area contributed by atoms with Crippen LogP contribution < -0.4 is 4.74 Å².